The first-order valence-electron chi connectivity index (χ1n) is 7.15. The molecule has 0 aliphatic rings. The Labute approximate surface area is 126 Å². The Balaban J connectivity index is 2.44. The number of aliphatic hydroxyl groups excluding tert-OH is 1. The molecule has 0 amide bonds. The third kappa shape index (κ3) is 3.26. The van der Waals surface area contributed by atoms with Crippen LogP contribution in [0.3, 0.4) is 0 Å². The predicted molar refractivity (Wildman–Crippen MR) is 85.7 cm³/mol. The summed E-state index contributed by atoms with van der Waals surface area (Å²) in [5.74, 6) is 0.836. The smallest absolute Gasteiger partial charge is 0.122 e. The SMILES string of the molecule is COc1ccc(C)cc1CC(CN)(CO)c1ccccc1. The molecule has 3 N–H and O–H groups in total. The Morgan fingerprint density at radius 2 is 1.86 bits per heavy atom. The molecule has 21 heavy (non-hydrogen) atoms. The molecular formula is C18H23NO2. The molecule has 3 nitrogen and oxygen atoms in total. The number of aryl methyl sites for hydroxylation is 1. The normalized spacial score (nSPS) is 13.7. The van der Waals surface area contributed by atoms with Crippen molar-refractivity contribution < 1.29 is 9.84 Å². The van der Waals surface area contributed by atoms with E-state index in [0.717, 1.165) is 16.9 Å². The van der Waals surface area contributed by atoms with Crippen molar-refractivity contribution in [1.82, 2.24) is 0 Å². The molecule has 0 aliphatic carbocycles. The van der Waals surface area contributed by atoms with Gasteiger partial charge in [-0.1, -0.05) is 48.0 Å². The van der Waals surface area contributed by atoms with Crippen LogP contribution in [-0.4, -0.2) is 25.4 Å². The van der Waals surface area contributed by atoms with Gasteiger partial charge in [0, 0.05) is 12.0 Å². The Kier molecular flexibility index (Phi) is 4.99. The van der Waals surface area contributed by atoms with E-state index in [1.54, 1.807) is 7.11 Å². The molecule has 0 radical (unpaired) electrons. The van der Waals surface area contributed by atoms with Crippen LogP contribution in [0, 0.1) is 6.92 Å². The van der Waals surface area contributed by atoms with Gasteiger partial charge >= 0.3 is 0 Å². The largest absolute Gasteiger partial charge is 0.496 e. The number of hydrogen-bond acceptors (Lipinski definition) is 3. The summed E-state index contributed by atoms with van der Waals surface area (Å²) in [5.41, 5.74) is 8.84. The van der Waals surface area contributed by atoms with E-state index in [0.29, 0.717) is 13.0 Å². The minimum Gasteiger partial charge on any atom is -0.496 e. The van der Waals surface area contributed by atoms with Crippen LogP contribution in [0.1, 0.15) is 16.7 Å². The maximum absolute atomic E-state index is 10.0. The zero-order valence-corrected chi connectivity index (χ0v) is 12.7. The van der Waals surface area contributed by atoms with Gasteiger partial charge < -0.3 is 15.6 Å². The summed E-state index contributed by atoms with van der Waals surface area (Å²) >= 11 is 0. The fourth-order valence-electron chi connectivity index (χ4n) is 2.71. The first-order valence-corrected chi connectivity index (χ1v) is 7.15. The predicted octanol–water partition coefficient (Wildman–Crippen LogP) is 2.44. The van der Waals surface area contributed by atoms with Gasteiger partial charge in [-0.15, -0.1) is 0 Å². The summed E-state index contributed by atoms with van der Waals surface area (Å²) < 4.78 is 5.45. The molecule has 1 atom stereocenters. The van der Waals surface area contributed by atoms with Gasteiger partial charge in [0.1, 0.15) is 5.75 Å². The van der Waals surface area contributed by atoms with Crippen molar-refractivity contribution in [3.63, 3.8) is 0 Å². The highest BCUT2D eigenvalue weighted by Crippen LogP contribution is 2.31. The molecule has 112 valence electrons. The molecule has 0 fully saturated rings. The van der Waals surface area contributed by atoms with E-state index in [-0.39, 0.29) is 6.61 Å². The summed E-state index contributed by atoms with van der Waals surface area (Å²) in [4.78, 5) is 0. The van der Waals surface area contributed by atoms with Crippen LogP contribution in [0.5, 0.6) is 5.75 Å². The average molecular weight is 285 g/mol. The molecule has 0 aromatic heterocycles. The molecule has 3 heteroatoms. The summed E-state index contributed by atoms with van der Waals surface area (Å²) in [6.45, 7) is 2.43. The molecule has 0 spiro atoms. The quantitative estimate of drug-likeness (QED) is 0.857. The number of aliphatic hydroxyl groups is 1. The van der Waals surface area contributed by atoms with E-state index in [4.69, 9.17) is 10.5 Å². The van der Waals surface area contributed by atoms with Crippen molar-refractivity contribution in [3.8, 4) is 5.75 Å². The van der Waals surface area contributed by atoms with Gasteiger partial charge in [0.25, 0.3) is 0 Å². The first kappa shape index (κ1) is 15.5. The Bertz CT molecular complexity index is 577. The van der Waals surface area contributed by atoms with Crippen LogP contribution >= 0.6 is 0 Å². The van der Waals surface area contributed by atoms with Crippen LogP contribution in [-0.2, 0) is 11.8 Å². The van der Waals surface area contributed by atoms with Crippen LogP contribution < -0.4 is 10.5 Å². The molecule has 0 bridgehead atoms. The van der Waals surface area contributed by atoms with E-state index in [1.165, 1.54) is 5.56 Å². The standard InChI is InChI=1S/C18H23NO2/c1-14-8-9-17(21-2)15(10-14)11-18(12-19,13-20)16-6-4-3-5-7-16/h3-10,20H,11-13,19H2,1-2H3. The zero-order valence-electron chi connectivity index (χ0n) is 12.7. The fraction of sp³-hybridized carbons (Fsp3) is 0.333. The van der Waals surface area contributed by atoms with Crippen molar-refractivity contribution >= 4 is 0 Å². The van der Waals surface area contributed by atoms with E-state index in [1.807, 2.05) is 42.5 Å². The lowest BCUT2D eigenvalue weighted by Crippen LogP contribution is -2.41. The molecule has 1 unspecified atom stereocenters. The molecule has 0 aliphatic heterocycles. The lowest BCUT2D eigenvalue weighted by molar-refractivity contribution is 0.195. The number of rotatable bonds is 6. The molecule has 0 saturated heterocycles. The second-order valence-corrected chi connectivity index (χ2v) is 5.50. The van der Waals surface area contributed by atoms with Crippen LogP contribution in [0.2, 0.25) is 0 Å². The van der Waals surface area contributed by atoms with E-state index in [9.17, 15) is 5.11 Å². The van der Waals surface area contributed by atoms with Crippen LogP contribution in [0.25, 0.3) is 0 Å². The molecule has 2 aromatic carbocycles. The maximum Gasteiger partial charge on any atom is 0.122 e. The van der Waals surface area contributed by atoms with Gasteiger partial charge in [-0.2, -0.15) is 0 Å². The summed E-state index contributed by atoms with van der Waals surface area (Å²) in [6.07, 6.45) is 0.648. The van der Waals surface area contributed by atoms with E-state index in [2.05, 4.69) is 13.0 Å². The molecule has 0 saturated carbocycles. The second kappa shape index (κ2) is 6.74. The van der Waals surface area contributed by atoms with Gasteiger partial charge in [-0.05, 0) is 30.5 Å². The Morgan fingerprint density at radius 3 is 2.43 bits per heavy atom. The lowest BCUT2D eigenvalue weighted by atomic mass is 9.76. The highest BCUT2D eigenvalue weighted by Gasteiger charge is 2.31. The van der Waals surface area contributed by atoms with E-state index >= 15 is 0 Å². The van der Waals surface area contributed by atoms with Crippen molar-refractivity contribution in [2.45, 2.75) is 18.8 Å². The summed E-state index contributed by atoms with van der Waals surface area (Å²) in [6, 6.07) is 16.0. The molecule has 0 heterocycles. The van der Waals surface area contributed by atoms with Gasteiger partial charge in [-0.3, -0.25) is 0 Å². The molecule has 2 rings (SSSR count). The van der Waals surface area contributed by atoms with Gasteiger partial charge in [0.05, 0.1) is 13.7 Å². The summed E-state index contributed by atoms with van der Waals surface area (Å²) in [7, 11) is 1.67. The van der Waals surface area contributed by atoms with Crippen molar-refractivity contribution in [2.24, 2.45) is 5.73 Å². The Morgan fingerprint density at radius 1 is 1.14 bits per heavy atom. The minimum atomic E-state index is -0.484. The highest BCUT2D eigenvalue weighted by atomic mass is 16.5. The van der Waals surface area contributed by atoms with Crippen molar-refractivity contribution in [1.29, 1.82) is 0 Å². The maximum atomic E-state index is 10.0. The number of hydrogen-bond donors (Lipinski definition) is 2. The minimum absolute atomic E-state index is 0.00457. The number of methoxy groups -OCH3 is 1. The lowest BCUT2D eigenvalue weighted by Gasteiger charge is -2.32. The third-order valence-electron chi connectivity index (χ3n) is 4.04. The monoisotopic (exact) mass is 285 g/mol. The van der Waals surface area contributed by atoms with Crippen LogP contribution in [0.15, 0.2) is 48.5 Å². The molecule has 2 aromatic rings. The number of ether oxygens (including phenoxy) is 1. The second-order valence-electron chi connectivity index (χ2n) is 5.50. The fourth-order valence-corrected chi connectivity index (χ4v) is 2.71. The summed E-state index contributed by atoms with van der Waals surface area (Å²) in [5, 5.41) is 10.0. The average Bonchev–Trinajstić information content (AvgIpc) is 2.54. The number of nitrogens with two attached hydrogens (primary N) is 1. The molecular weight excluding hydrogens is 262 g/mol. The number of benzene rings is 2. The first-order chi connectivity index (χ1) is 10.1. The Hall–Kier alpha value is -1.84. The topological polar surface area (TPSA) is 55.5 Å². The van der Waals surface area contributed by atoms with Crippen LogP contribution in [0.4, 0.5) is 0 Å². The van der Waals surface area contributed by atoms with Gasteiger partial charge in [0.2, 0.25) is 0 Å². The van der Waals surface area contributed by atoms with Crippen molar-refractivity contribution in [3.05, 3.63) is 65.2 Å². The third-order valence-corrected chi connectivity index (χ3v) is 4.04. The van der Waals surface area contributed by atoms with Gasteiger partial charge in [-0.25, -0.2) is 0 Å². The van der Waals surface area contributed by atoms with Crippen molar-refractivity contribution in [2.75, 3.05) is 20.3 Å². The van der Waals surface area contributed by atoms with Gasteiger partial charge in [0.15, 0.2) is 0 Å². The van der Waals surface area contributed by atoms with E-state index < -0.39 is 5.41 Å². The zero-order chi connectivity index (χ0) is 15.3. The highest BCUT2D eigenvalue weighted by molar-refractivity contribution is 5.40.